The molecule has 0 spiro atoms. The van der Waals surface area contributed by atoms with Crippen LogP contribution in [-0.4, -0.2) is 31.1 Å². The maximum atomic E-state index is 12.4. The van der Waals surface area contributed by atoms with Crippen molar-refractivity contribution in [3.05, 3.63) is 81.4 Å². The van der Waals surface area contributed by atoms with E-state index in [1.165, 1.54) is 6.07 Å². The second-order valence-corrected chi connectivity index (χ2v) is 7.38. The Hall–Kier alpha value is -3.19. The minimum Gasteiger partial charge on any atom is -0.383 e. The zero-order valence-corrected chi connectivity index (χ0v) is 16.1. The van der Waals surface area contributed by atoms with Crippen LogP contribution in [0.3, 0.4) is 0 Å². The van der Waals surface area contributed by atoms with Gasteiger partial charge in [-0.2, -0.15) is 0 Å². The predicted octanol–water partition coefficient (Wildman–Crippen LogP) is 3.80. The van der Waals surface area contributed by atoms with Crippen molar-refractivity contribution in [3.8, 4) is 0 Å². The highest BCUT2D eigenvalue weighted by Crippen LogP contribution is 2.50. The number of non-ortho nitro benzene ring substituents is 1. The molecule has 0 bridgehead atoms. The number of rotatable bonds is 6. The summed E-state index contributed by atoms with van der Waals surface area (Å²) in [4.78, 5) is 23.2. The number of benzene rings is 2. The van der Waals surface area contributed by atoms with Gasteiger partial charge in [0.05, 0.1) is 17.6 Å². The van der Waals surface area contributed by atoms with E-state index in [4.69, 9.17) is 4.74 Å². The largest absolute Gasteiger partial charge is 0.383 e. The van der Waals surface area contributed by atoms with Crippen molar-refractivity contribution in [2.75, 3.05) is 25.6 Å². The van der Waals surface area contributed by atoms with Crippen LogP contribution in [0.1, 0.15) is 39.9 Å². The summed E-state index contributed by atoms with van der Waals surface area (Å²) in [6.07, 6.45) is 5.22. The van der Waals surface area contributed by atoms with Crippen molar-refractivity contribution in [2.24, 2.45) is 5.92 Å². The SMILES string of the molecule is COCCNC(=O)c1ccc2c(c1)C1C=CCC1C(c1cccc([N+](=O)[O-])c1)N2. The fourth-order valence-corrected chi connectivity index (χ4v) is 4.27. The molecule has 7 nitrogen and oxygen atoms in total. The second-order valence-electron chi connectivity index (χ2n) is 7.38. The van der Waals surface area contributed by atoms with Crippen LogP contribution in [0.25, 0.3) is 0 Å². The number of fused-ring (bicyclic) bond motifs is 3. The highest BCUT2D eigenvalue weighted by molar-refractivity contribution is 5.95. The Labute approximate surface area is 168 Å². The molecule has 0 aromatic heterocycles. The Bertz CT molecular complexity index is 972. The Kier molecular flexibility index (Phi) is 5.31. The highest BCUT2D eigenvalue weighted by atomic mass is 16.6. The third kappa shape index (κ3) is 3.73. The van der Waals surface area contributed by atoms with E-state index < -0.39 is 0 Å². The Balaban J connectivity index is 1.63. The van der Waals surface area contributed by atoms with Gasteiger partial charge in [-0.1, -0.05) is 24.3 Å². The summed E-state index contributed by atoms with van der Waals surface area (Å²) in [6.45, 7) is 0.933. The molecule has 0 radical (unpaired) electrons. The number of nitrogens with zero attached hydrogens (tertiary/aromatic N) is 1. The van der Waals surface area contributed by atoms with Crippen LogP contribution in [0.15, 0.2) is 54.6 Å². The number of anilines is 1. The monoisotopic (exact) mass is 393 g/mol. The van der Waals surface area contributed by atoms with Crippen molar-refractivity contribution < 1.29 is 14.5 Å². The molecule has 0 saturated carbocycles. The first kappa shape index (κ1) is 19.1. The van der Waals surface area contributed by atoms with E-state index in [0.717, 1.165) is 23.2 Å². The first-order valence-corrected chi connectivity index (χ1v) is 9.67. The molecule has 3 unspecified atom stereocenters. The number of nitro groups is 1. The summed E-state index contributed by atoms with van der Waals surface area (Å²) < 4.78 is 4.98. The molecule has 0 fully saturated rings. The van der Waals surface area contributed by atoms with Gasteiger partial charge in [0.15, 0.2) is 0 Å². The summed E-state index contributed by atoms with van der Waals surface area (Å²) in [5, 5.41) is 17.6. The number of nitrogens with one attached hydrogen (secondary N) is 2. The molecule has 1 heterocycles. The molecule has 3 atom stereocenters. The average Bonchev–Trinajstić information content (AvgIpc) is 3.23. The lowest BCUT2D eigenvalue weighted by Crippen LogP contribution is -2.30. The molecule has 7 heteroatoms. The van der Waals surface area contributed by atoms with Gasteiger partial charge in [0.1, 0.15) is 0 Å². The molecule has 2 aliphatic rings. The Morgan fingerprint density at radius 2 is 2.17 bits per heavy atom. The number of hydrogen-bond acceptors (Lipinski definition) is 5. The van der Waals surface area contributed by atoms with Crippen molar-refractivity contribution in [1.82, 2.24) is 5.32 Å². The van der Waals surface area contributed by atoms with Crippen LogP contribution in [-0.2, 0) is 4.74 Å². The summed E-state index contributed by atoms with van der Waals surface area (Å²) in [6, 6.07) is 12.5. The van der Waals surface area contributed by atoms with E-state index in [-0.39, 0.29) is 34.4 Å². The third-order valence-corrected chi connectivity index (χ3v) is 5.66. The van der Waals surface area contributed by atoms with Crippen molar-refractivity contribution in [1.29, 1.82) is 0 Å². The normalized spacial score (nSPS) is 21.8. The first-order chi connectivity index (χ1) is 14.1. The van der Waals surface area contributed by atoms with Crippen LogP contribution in [0.4, 0.5) is 11.4 Å². The molecule has 2 aromatic rings. The maximum absolute atomic E-state index is 12.4. The fraction of sp³-hybridized carbons (Fsp3) is 0.318. The lowest BCUT2D eigenvalue weighted by atomic mass is 9.76. The summed E-state index contributed by atoms with van der Waals surface area (Å²) >= 11 is 0. The van der Waals surface area contributed by atoms with Crippen LogP contribution < -0.4 is 10.6 Å². The Morgan fingerprint density at radius 1 is 1.31 bits per heavy atom. The molecule has 2 N–H and O–H groups in total. The van der Waals surface area contributed by atoms with E-state index in [1.54, 1.807) is 25.3 Å². The average molecular weight is 393 g/mol. The molecule has 29 heavy (non-hydrogen) atoms. The molecular weight excluding hydrogens is 370 g/mol. The number of methoxy groups -OCH3 is 1. The quantitative estimate of drug-likeness (QED) is 0.337. The van der Waals surface area contributed by atoms with Gasteiger partial charge in [0.2, 0.25) is 0 Å². The van der Waals surface area contributed by atoms with E-state index in [2.05, 4.69) is 22.8 Å². The molecule has 150 valence electrons. The smallest absolute Gasteiger partial charge is 0.269 e. The third-order valence-electron chi connectivity index (χ3n) is 5.66. The molecule has 1 aliphatic heterocycles. The van der Waals surface area contributed by atoms with E-state index in [9.17, 15) is 14.9 Å². The van der Waals surface area contributed by atoms with Gasteiger partial charge >= 0.3 is 0 Å². The van der Waals surface area contributed by atoms with Gasteiger partial charge < -0.3 is 15.4 Å². The van der Waals surface area contributed by atoms with Crippen molar-refractivity contribution in [2.45, 2.75) is 18.4 Å². The number of ether oxygens (including phenoxy) is 1. The number of carbonyl (C=O) groups excluding carboxylic acids is 1. The summed E-state index contributed by atoms with van der Waals surface area (Å²) in [7, 11) is 1.60. The van der Waals surface area contributed by atoms with Gasteiger partial charge in [-0.3, -0.25) is 14.9 Å². The molecular formula is C22H23N3O4. The maximum Gasteiger partial charge on any atom is 0.269 e. The number of nitro benzene ring substituents is 1. The molecule has 4 rings (SSSR count). The van der Waals surface area contributed by atoms with Crippen molar-refractivity contribution >= 4 is 17.3 Å². The van der Waals surface area contributed by atoms with Gasteiger partial charge in [-0.15, -0.1) is 0 Å². The van der Waals surface area contributed by atoms with E-state index in [1.807, 2.05) is 18.2 Å². The zero-order valence-electron chi connectivity index (χ0n) is 16.1. The van der Waals surface area contributed by atoms with Gasteiger partial charge in [-0.05, 0) is 41.7 Å². The molecule has 0 saturated heterocycles. The minimum atomic E-state index is -0.362. The first-order valence-electron chi connectivity index (χ1n) is 9.67. The molecule has 1 amide bonds. The van der Waals surface area contributed by atoms with Crippen LogP contribution in [0.5, 0.6) is 0 Å². The van der Waals surface area contributed by atoms with Crippen LogP contribution in [0, 0.1) is 16.0 Å². The number of amides is 1. The highest BCUT2D eigenvalue weighted by Gasteiger charge is 2.38. The van der Waals surface area contributed by atoms with E-state index in [0.29, 0.717) is 18.7 Å². The zero-order chi connectivity index (χ0) is 20.4. The van der Waals surface area contributed by atoms with Gasteiger partial charge in [0, 0.05) is 43.0 Å². The van der Waals surface area contributed by atoms with Crippen LogP contribution >= 0.6 is 0 Å². The summed E-state index contributed by atoms with van der Waals surface area (Å²) in [5.74, 6) is 0.294. The van der Waals surface area contributed by atoms with Gasteiger partial charge in [0.25, 0.3) is 11.6 Å². The predicted molar refractivity (Wildman–Crippen MR) is 110 cm³/mol. The standard InChI is InChI=1S/C22H23N3O4/c1-29-11-10-23-22(26)15-8-9-20-19(13-15)17-6-3-7-18(17)21(24-20)14-4-2-5-16(12-14)25(27)28/h2-6,8-9,12-13,17-18,21,24H,7,10-11H2,1H3,(H,23,26). The second kappa shape index (κ2) is 8.05. The topological polar surface area (TPSA) is 93.5 Å². The van der Waals surface area contributed by atoms with Crippen LogP contribution in [0.2, 0.25) is 0 Å². The fourth-order valence-electron chi connectivity index (χ4n) is 4.27. The lowest BCUT2D eigenvalue weighted by Gasteiger charge is -2.37. The van der Waals surface area contributed by atoms with Crippen molar-refractivity contribution in [3.63, 3.8) is 0 Å². The van der Waals surface area contributed by atoms with E-state index >= 15 is 0 Å². The number of hydrogen-bond donors (Lipinski definition) is 2. The minimum absolute atomic E-state index is 0.0243. The van der Waals surface area contributed by atoms with Gasteiger partial charge in [-0.25, -0.2) is 0 Å². The summed E-state index contributed by atoms with van der Waals surface area (Å²) in [5.41, 5.74) is 3.67. The number of allylic oxidation sites excluding steroid dienone is 2. The Morgan fingerprint density at radius 3 is 2.97 bits per heavy atom. The lowest BCUT2D eigenvalue weighted by molar-refractivity contribution is -0.384. The number of carbonyl (C=O) groups is 1. The molecule has 1 aliphatic carbocycles. The molecule has 2 aromatic carbocycles.